The number of benzene rings is 2. The summed E-state index contributed by atoms with van der Waals surface area (Å²) in [5, 5.41) is 0. The maximum Gasteiger partial charge on any atom is 0.338 e. The van der Waals surface area contributed by atoms with Gasteiger partial charge in [-0.15, -0.1) is 0 Å². The molecule has 0 radical (unpaired) electrons. The lowest BCUT2D eigenvalue weighted by Gasteiger charge is -2.05. The summed E-state index contributed by atoms with van der Waals surface area (Å²) in [6.07, 6.45) is 5.06. The van der Waals surface area contributed by atoms with Crippen molar-refractivity contribution in [2.24, 2.45) is 5.92 Å². The Balaban J connectivity index is 2.17. The van der Waals surface area contributed by atoms with Gasteiger partial charge in [-0.2, -0.15) is 0 Å². The van der Waals surface area contributed by atoms with Gasteiger partial charge in [0.05, 0.1) is 12.7 Å². The fraction of sp³-hybridized carbons (Fsp3) is 0.250. The van der Waals surface area contributed by atoms with Crippen LogP contribution >= 0.6 is 0 Å². The van der Waals surface area contributed by atoms with Gasteiger partial charge in [-0.3, -0.25) is 0 Å². The number of carbonyl (C=O) groups excluding carboxylic acids is 1. The molecule has 114 valence electrons. The third-order valence-electron chi connectivity index (χ3n) is 3.45. The summed E-state index contributed by atoms with van der Waals surface area (Å²) >= 11 is 0. The molecule has 0 heterocycles. The average molecular weight is 294 g/mol. The van der Waals surface area contributed by atoms with Crippen LogP contribution in [0.3, 0.4) is 0 Å². The molecule has 0 aliphatic rings. The summed E-state index contributed by atoms with van der Waals surface area (Å²) in [4.78, 5) is 11.7. The van der Waals surface area contributed by atoms with Crippen molar-refractivity contribution < 1.29 is 9.53 Å². The molecule has 2 heteroatoms. The Kier molecular flexibility index (Phi) is 5.54. The minimum Gasteiger partial charge on any atom is -0.465 e. The van der Waals surface area contributed by atoms with E-state index in [2.05, 4.69) is 38.1 Å². The lowest BCUT2D eigenvalue weighted by atomic mass is 10.0. The van der Waals surface area contributed by atoms with Gasteiger partial charge in [0.2, 0.25) is 0 Å². The summed E-state index contributed by atoms with van der Waals surface area (Å²) in [6, 6.07) is 16.0. The molecule has 2 rings (SSSR count). The van der Waals surface area contributed by atoms with Crippen LogP contribution in [0.4, 0.5) is 0 Å². The van der Waals surface area contributed by atoms with E-state index in [1.54, 1.807) is 6.07 Å². The molecule has 22 heavy (non-hydrogen) atoms. The molecule has 2 aromatic rings. The zero-order valence-corrected chi connectivity index (χ0v) is 13.4. The van der Waals surface area contributed by atoms with Crippen molar-refractivity contribution in [3.05, 3.63) is 70.8 Å². The Hall–Kier alpha value is -2.35. The van der Waals surface area contributed by atoms with Crippen molar-refractivity contribution in [3.8, 4) is 0 Å². The van der Waals surface area contributed by atoms with Crippen LogP contribution in [-0.2, 0) is 11.2 Å². The van der Waals surface area contributed by atoms with Gasteiger partial charge in [-0.25, -0.2) is 4.79 Å². The quantitative estimate of drug-likeness (QED) is 0.582. The summed E-state index contributed by atoms with van der Waals surface area (Å²) < 4.78 is 4.81. The Labute approximate surface area is 132 Å². The second kappa shape index (κ2) is 7.60. The zero-order chi connectivity index (χ0) is 15.9. The van der Waals surface area contributed by atoms with Crippen LogP contribution in [0.1, 0.15) is 40.9 Å². The van der Waals surface area contributed by atoms with Crippen LogP contribution in [0.2, 0.25) is 0 Å². The number of esters is 1. The number of methoxy groups -OCH3 is 1. The van der Waals surface area contributed by atoms with Crippen molar-refractivity contribution >= 4 is 18.1 Å². The molecule has 0 unspecified atom stereocenters. The number of hydrogen-bond donors (Lipinski definition) is 0. The molecule has 0 saturated carbocycles. The van der Waals surface area contributed by atoms with E-state index in [0.29, 0.717) is 11.5 Å². The monoisotopic (exact) mass is 294 g/mol. The molecule has 0 spiro atoms. The highest BCUT2D eigenvalue weighted by Crippen LogP contribution is 2.15. The first-order valence-corrected chi connectivity index (χ1v) is 7.54. The molecule has 0 bridgehead atoms. The van der Waals surface area contributed by atoms with Gasteiger partial charge in [0, 0.05) is 0 Å². The van der Waals surface area contributed by atoms with Crippen molar-refractivity contribution in [2.75, 3.05) is 7.11 Å². The van der Waals surface area contributed by atoms with E-state index in [0.717, 1.165) is 17.5 Å². The number of carbonyl (C=O) groups is 1. The molecule has 0 aromatic heterocycles. The van der Waals surface area contributed by atoms with Gasteiger partial charge in [-0.1, -0.05) is 68.5 Å². The molecular weight excluding hydrogens is 272 g/mol. The van der Waals surface area contributed by atoms with Crippen LogP contribution in [0.5, 0.6) is 0 Å². The third-order valence-corrected chi connectivity index (χ3v) is 3.45. The zero-order valence-electron chi connectivity index (χ0n) is 13.4. The molecule has 2 aromatic carbocycles. The highest BCUT2D eigenvalue weighted by molar-refractivity contribution is 5.94. The minimum atomic E-state index is -0.312. The van der Waals surface area contributed by atoms with Gasteiger partial charge < -0.3 is 4.74 Å². The van der Waals surface area contributed by atoms with Crippen molar-refractivity contribution in [1.82, 2.24) is 0 Å². The Morgan fingerprint density at radius 3 is 2.36 bits per heavy atom. The molecule has 0 saturated heterocycles. The maximum atomic E-state index is 11.7. The van der Waals surface area contributed by atoms with Crippen molar-refractivity contribution in [1.29, 1.82) is 0 Å². The van der Waals surface area contributed by atoms with Gasteiger partial charge in [0.1, 0.15) is 0 Å². The molecule has 0 aliphatic carbocycles. The van der Waals surface area contributed by atoms with Crippen molar-refractivity contribution in [3.63, 3.8) is 0 Å². The average Bonchev–Trinajstić information content (AvgIpc) is 2.53. The predicted octanol–water partition coefficient (Wildman–Crippen LogP) is 4.84. The van der Waals surface area contributed by atoms with E-state index < -0.39 is 0 Å². The maximum absolute atomic E-state index is 11.7. The highest BCUT2D eigenvalue weighted by Gasteiger charge is 2.08. The first-order chi connectivity index (χ1) is 10.6. The van der Waals surface area contributed by atoms with Crippen LogP contribution in [0.25, 0.3) is 12.2 Å². The van der Waals surface area contributed by atoms with E-state index in [4.69, 9.17) is 4.74 Å². The molecule has 0 amide bonds. The first kappa shape index (κ1) is 16.0. The van der Waals surface area contributed by atoms with Gasteiger partial charge >= 0.3 is 5.97 Å². The fourth-order valence-corrected chi connectivity index (χ4v) is 2.36. The third kappa shape index (κ3) is 4.32. The number of ether oxygens (including phenoxy) is 1. The SMILES string of the molecule is COC(=O)c1ccccc1C=Cc1ccc(CC(C)C)cc1. The van der Waals surface area contributed by atoms with Gasteiger partial charge in [-0.05, 0) is 35.1 Å². The van der Waals surface area contributed by atoms with E-state index >= 15 is 0 Å². The molecule has 2 nitrogen and oxygen atoms in total. The fourth-order valence-electron chi connectivity index (χ4n) is 2.36. The molecule has 0 N–H and O–H groups in total. The summed E-state index contributed by atoms with van der Waals surface area (Å²) in [7, 11) is 1.40. The molecule has 0 atom stereocenters. The summed E-state index contributed by atoms with van der Waals surface area (Å²) in [6.45, 7) is 4.44. The second-order valence-corrected chi connectivity index (χ2v) is 5.75. The Bertz CT molecular complexity index is 652. The topological polar surface area (TPSA) is 26.3 Å². The van der Waals surface area contributed by atoms with Crippen LogP contribution in [-0.4, -0.2) is 13.1 Å². The molecular formula is C20H22O2. The predicted molar refractivity (Wildman–Crippen MR) is 91.7 cm³/mol. The van der Waals surface area contributed by atoms with E-state index in [9.17, 15) is 4.79 Å². The Morgan fingerprint density at radius 1 is 1.05 bits per heavy atom. The number of hydrogen-bond acceptors (Lipinski definition) is 2. The first-order valence-electron chi connectivity index (χ1n) is 7.54. The molecule has 0 fully saturated rings. The summed E-state index contributed by atoms with van der Waals surface area (Å²) in [5.41, 5.74) is 3.91. The van der Waals surface area contributed by atoms with Gasteiger partial charge in [0.15, 0.2) is 0 Å². The van der Waals surface area contributed by atoms with Crippen LogP contribution < -0.4 is 0 Å². The Morgan fingerprint density at radius 2 is 1.73 bits per heavy atom. The lowest BCUT2D eigenvalue weighted by molar-refractivity contribution is 0.0600. The summed E-state index contributed by atoms with van der Waals surface area (Å²) in [5.74, 6) is 0.348. The normalized spacial score (nSPS) is 11.1. The van der Waals surface area contributed by atoms with Gasteiger partial charge in [0.25, 0.3) is 0 Å². The van der Waals surface area contributed by atoms with Crippen LogP contribution in [0, 0.1) is 5.92 Å². The number of rotatable bonds is 5. The van der Waals surface area contributed by atoms with Crippen molar-refractivity contribution in [2.45, 2.75) is 20.3 Å². The smallest absolute Gasteiger partial charge is 0.338 e. The van der Waals surface area contributed by atoms with E-state index in [1.807, 2.05) is 30.4 Å². The highest BCUT2D eigenvalue weighted by atomic mass is 16.5. The standard InChI is InChI=1S/C20H22O2/c1-15(2)14-17-10-8-16(9-11-17)12-13-18-6-4-5-7-19(18)20(21)22-3/h4-13,15H,14H2,1-3H3. The molecule has 0 aliphatic heterocycles. The second-order valence-electron chi connectivity index (χ2n) is 5.75. The van der Waals surface area contributed by atoms with E-state index in [-0.39, 0.29) is 5.97 Å². The largest absolute Gasteiger partial charge is 0.465 e. The minimum absolute atomic E-state index is 0.312. The van der Waals surface area contributed by atoms with E-state index in [1.165, 1.54) is 12.7 Å². The van der Waals surface area contributed by atoms with Crippen LogP contribution in [0.15, 0.2) is 48.5 Å². The lowest BCUT2D eigenvalue weighted by Crippen LogP contribution is -2.02.